The second kappa shape index (κ2) is 10.0. The maximum absolute atomic E-state index is 12.7. The lowest BCUT2D eigenvalue weighted by Gasteiger charge is -2.18. The van der Waals surface area contributed by atoms with Gasteiger partial charge in [-0.25, -0.2) is 0 Å². The highest BCUT2D eigenvalue weighted by Gasteiger charge is 2.14. The van der Waals surface area contributed by atoms with Crippen LogP contribution in [-0.2, 0) is 30.6 Å². The Morgan fingerprint density at radius 2 is 1.75 bits per heavy atom. The van der Waals surface area contributed by atoms with Gasteiger partial charge in [-0.3, -0.25) is 9.78 Å². The lowest BCUT2D eigenvalue weighted by molar-refractivity contribution is -0.130. The molecule has 7 heteroatoms. The molecule has 0 aliphatic rings. The van der Waals surface area contributed by atoms with Crippen molar-refractivity contribution >= 4 is 16.7 Å². The smallest absolute Gasteiger partial charge is 0.223 e. The second-order valence-corrected chi connectivity index (χ2v) is 7.67. The van der Waals surface area contributed by atoms with Gasteiger partial charge in [0.25, 0.3) is 0 Å². The van der Waals surface area contributed by atoms with Crippen molar-refractivity contribution in [3.63, 3.8) is 0 Å². The van der Waals surface area contributed by atoms with Crippen LogP contribution in [0.15, 0.2) is 65.3 Å². The summed E-state index contributed by atoms with van der Waals surface area (Å²) in [5, 5.41) is 10.4. The first kappa shape index (κ1) is 21.5. The van der Waals surface area contributed by atoms with Gasteiger partial charge in [0.15, 0.2) is 0 Å². The summed E-state index contributed by atoms with van der Waals surface area (Å²) in [6.07, 6.45) is 5.71. The molecule has 4 rings (SSSR count). The number of carbonyl (C=O) groups excluding carboxylic acids is 1. The normalized spacial score (nSPS) is 10.9. The highest BCUT2D eigenvalue weighted by molar-refractivity contribution is 5.85. The summed E-state index contributed by atoms with van der Waals surface area (Å²) in [6.45, 7) is 0.536. The molecule has 0 N–H and O–H groups in total. The topological polar surface area (TPSA) is 81.4 Å². The molecule has 1 amide bonds. The number of aryl methyl sites for hydroxylation is 3. The van der Waals surface area contributed by atoms with Crippen LogP contribution in [-0.4, -0.2) is 40.1 Å². The molecule has 0 radical (unpaired) electrons. The number of benzene rings is 2. The zero-order chi connectivity index (χ0) is 22.3. The van der Waals surface area contributed by atoms with Gasteiger partial charge >= 0.3 is 0 Å². The summed E-state index contributed by atoms with van der Waals surface area (Å²) in [4.78, 5) is 18.5. The van der Waals surface area contributed by atoms with Gasteiger partial charge in [0, 0.05) is 50.6 Å². The second-order valence-electron chi connectivity index (χ2n) is 7.67. The molecule has 0 fully saturated rings. The predicted molar refractivity (Wildman–Crippen MR) is 121 cm³/mol. The van der Waals surface area contributed by atoms with E-state index in [0.29, 0.717) is 37.6 Å². The molecule has 0 saturated heterocycles. The summed E-state index contributed by atoms with van der Waals surface area (Å²) < 4.78 is 11.1. The quantitative estimate of drug-likeness (QED) is 0.399. The average molecular weight is 431 g/mol. The van der Waals surface area contributed by atoms with Gasteiger partial charge in [0.2, 0.25) is 17.7 Å². The van der Waals surface area contributed by atoms with Crippen LogP contribution in [0.5, 0.6) is 5.75 Å². The Morgan fingerprint density at radius 3 is 2.59 bits per heavy atom. The van der Waals surface area contributed by atoms with E-state index >= 15 is 0 Å². The van der Waals surface area contributed by atoms with Crippen molar-refractivity contribution in [2.24, 2.45) is 0 Å². The largest absolute Gasteiger partial charge is 0.496 e. The third-order valence-corrected chi connectivity index (χ3v) is 5.47. The Bertz CT molecular complexity index is 1200. The van der Waals surface area contributed by atoms with E-state index in [-0.39, 0.29) is 5.91 Å². The molecule has 32 heavy (non-hydrogen) atoms. The van der Waals surface area contributed by atoms with E-state index in [1.165, 1.54) is 0 Å². The number of amides is 1. The Kier molecular flexibility index (Phi) is 6.75. The molecule has 2 aromatic heterocycles. The summed E-state index contributed by atoms with van der Waals surface area (Å²) >= 11 is 0. The number of hydrogen-bond acceptors (Lipinski definition) is 6. The third kappa shape index (κ3) is 5.11. The third-order valence-electron chi connectivity index (χ3n) is 5.47. The average Bonchev–Trinajstić information content (AvgIpc) is 3.29. The van der Waals surface area contributed by atoms with Crippen molar-refractivity contribution in [1.82, 2.24) is 20.1 Å². The molecule has 2 aromatic carbocycles. The van der Waals surface area contributed by atoms with Crippen LogP contribution in [0, 0.1) is 0 Å². The fourth-order valence-electron chi connectivity index (χ4n) is 3.72. The SMILES string of the molecule is COc1ccccc1CCc1nnc(CCC(=O)N(C)Cc2cccc3cnccc23)o1. The van der Waals surface area contributed by atoms with E-state index in [2.05, 4.69) is 15.2 Å². The van der Waals surface area contributed by atoms with Gasteiger partial charge in [0.1, 0.15) is 5.75 Å². The molecule has 0 saturated carbocycles. The van der Waals surface area contributed by atoms with Crippen LogP contribution >= 0.6 is 0 Å². The summed E-state index contributed by atoms with van der Waals surface area (Å²) in [5.41, 5.74) is 2.19. The van der Waals surface area contributed by atoms with Crippen LogP contribution in [0.4, 0.5) is 0 Å². The lowest BCUT2D eigenvalue weighted by atomic mass is 10.1. The molecule has 7 nitrogen and oxygen atoms in total. The van der Waals surface area contributed by atoms with Crippen molar-refractivity contribution in [3.8, 4) is 5.75 Å². The highest BCUT2D eigenvalue weighted by Crippen LogP contribution is 2.20. The van der Waals surface area contributed by atoms with Gasteiger partial charge < -0.3 is 14.1 Å². The van der Waals surface area contributed by atoms with E-state index in [1.807, 2.05) is 61.8 Å². The minimum Gasteiger partial charge on any atom is -0.496 e. The molecule has 4 aromatic rings. The predicted octanol–water partition coefficient (Wildman–Crippen LogP) is 4.00. The van der Waals surface area contributed by atoms with Crippen LogP contribution in [0.25, 0.3) is 10.8 Å². The summed E-state index contributed by atoms with van der Waals surface area (Å²) in [7, 11) is 3.48. The van der Waals surface area contributed by atoms with Gasteiger partial charge in [-0.15, -0.1) is 10.2 Å². The highest BCUT2D eigenvalue weighted by atomic mass is 16.5. The number of ether oxygens (including phenoxy) is 1. The molecule has 0 aliphatic heterocycles. The summed E-state index contributed by atoms with van der Waals surface area (Å²) in [5.74, 6) is 1.93. The molecule has 2 heterocycles. The number of rotatable bonds is 9. The number of pyridine rings is 1. The zero-order valence-corrected chi connectivity index (χ0v) is 18.3. The minimum absolute atomic E-state index is 0.0323. The lowest BCUT2D eigenvalue weighted by Crippen LogP contribution is -2.26. The van der Waals surface area contributed by atoms with Crippen molar-refractivity contribution in [3.05, 3.63) is 83.8 Å². The molecular weight excluding hydrogens is 404 g/mol. The van der Waals surface area contributed by atoms with E-state index in [4.69, 9.17) is 9.15 Å². The maximum Gasteiger partial charge on any atom is 0.223 e. The minimum atomic E-state index is 0.0323. The number of hydrogen-bond donors (Lipinski definition) is 0. The Hall–Kier alpha value is -3.74. The number of carbonyl (C=O) groups is 1. The van der Waals surface area contributed by atoms with Gasteiger partial charge in [0.05, 0.1) is 7.11 Å². The van der Waals surface area contributed by atoms with E-state index in [1.54, 1.807) is 18.2 Å². The zero-order valence-electron chi connectivity index (χ0n) is 18.3. The molecule has 0 aliphatic carbocycles. The van der Waals surface area contributed by atoms with Crippen molar-refractivity contribution in [1.29, 1.82) is 0 Å². The summed E-state index contributed by atoms with van der Waals surface area (Å²) in [6, 6.07) is 15.9. The van der Waals surface area contributed by atoms with Crippen molar-refractivity contribution in [2.75, 3.05) is 14.2 Å². The van der Waals surface area contributed by atoms with Crippen molar-refractivity contribution in [2.45, 2.75) is 32.2 Å². The first-order valence-corrected chi connectivity index (χ1v) is 10.6. The number of nitrogens with zero attached hydrogens (tertiary/aromatic N) is 4. The molecule has 0 atom stereocenters. The van der Waals surface area contributed by atoms with Crippen LogP contribution in [0.3, 0.4) is 0 Å². The number of aromatic nitrogens is 3. The molecule has 164 valence electrons. The number of fused-ring (bicyclic) bond motifs is 1. The Labute approximate surface area is 187 Å². The Balaban J connectivity index is 1.30. The number of para-hydroxylation sites is 1. The van der Waals surface area contributed by atoms with Crippen LogP contribution < -0.4 is 4.74 Å². The van der Waals surface area contributed by atoms with Gasteiger partial charge in [-0.2, -0.15) is 0 Å². The Morgan fingerprint density at radius 1 is 0.969 bits per heavy atom. The first-order valence-electron chi connectivity index (χ1n) is 10.6. The van der Waals surface area contributed by atoms with Crippen LogP contribution in [0.2, 0.25) is 0 Å². The monoisotopic (exact) mass is 430 g/mol. The fraction of sp³-hybridized carbons (Fsp3) is 0.280. The van der Waals surface area contributed by atoms with Gasteiger partial charge in [-0.1, -0.05) is 36.4 Å². The molecule has 0 unspecified atom stereocenters. The number of methoxy groups -OCH3 is 1. The van der Waals surface area contributed by atoms with Crippen molar-refractivity contribution < 1.29 is 13.9 Å². The van der Waals surface area contributed by atoms with Crippen LogP contribution in [0.1, 0.15) is 29.3 Å². The molecule has 0 spiro atoms. The maximum atomic E-state index is 12.7. The fourth-order valence-corrected chi connectivity index (χ4v) is 3.72. The van der Waals surface area contributed by atoms with E-state index in [0.717, 1.165) is 34.1 Å². The van der Waals surface area contributed by atoms with E-state index < -0.39 is 0 Å². The standard InChI is InChI=1S/C25H26N4O3/c1-29(17-20-8-5-7-19-16-26-15-14-21(19)20)25(30)13-12-24-28-27-23(32-24)11-10-18-6-3-4-9-22(18)31-2/h3-9,14-16H,10-13,17H2,1-2H3. The van der Waals surface area contributed by atoms with Gasteiger partial charge in [-0.05, 0) is 35.1 Å². The molecular formula is C25H26N4O3. The first-order chi connectivity index (χ1) is 15.6. The molecule has 0 bridgehead atoms. The van der Waals surface area contributed by atoms with E-state index in [9.17, 15) is 4.79 Å².